The van der Waals surface area contributed by atoms with Crippen LogP contribution in [0.15, 0.2) is 46.9 Å². The fraction of sp³-hybridized carbons (Fsp3) is 0.250. The van der Waals surface area contributed by atoms with E-state index in [2.05, 4.69) is 15.9 Å². The average molecular weight is 357 g/mol. The van der Waals surface area contributed by atoms with E-state index >= 15 is 0 Å². The molecule has 20 heavy (non-hydrogen) atoms. The molecule has 0 aliphatic rings. The van der Waals surface area contributed by atoms with Crippen LogP contribution in [-0.2, 0) is 12.8 Å². The van der Waals surface area contributed by atoms with Gasteiger partial charge in [-0.2, -0.15) is 0 Å². The van der Waals surface area contributed by atoms with Crippen LogP contribution < -0.4 is 5.73 Å². The molecule has 0 aliphatic carbocycles. The van der Waals surface area contributed by atoms with E-state index in [1.54, 1.807) is 6.07 Å². The summed E-state index contributed by atoms with van der Waals surface area (Å²) in [4.78, 5) is 0. The highest BCUT2D eigenvalue weighted by molar-refractivity contribution is 9.10. The fourth-order valence-corrected chi connectivity index (χ4v) is 3.02. The number of benzene rings is 2. The fourth-order valence-electron chi connectivity index (χ4n) is 2.28. The summed E-state index contributed by atoms with van der Waals surface area (Å²) in [7, 11) is 0. The zero-order valence-corrected chi connectivity index (χ0v) is 13.5. The molecule has 0 aliphatic heterocycles. The maximum atomic E-state index is 13.2. The Kier molecular flexibility index (Phi) is 4.84. The lowest BCUT2D eigenvalue weighted by molar-refractivity contribution is 0.461. The molecule has 0 saturated heterocycles. The first kappa shape index (κ1) is 15.5. The molecule has 2 rings (SSSR count). The second-order valence-electron chi connectivity index (χ2n) is 5.37. The number of rotatable bonds is 4. The smallest absolute Gasteiger partial charge is 0.123 e. The minimum Gasteiger partial charge on any atom is -0.325 e. The molecule has 0 spiro atoms. The molecular formula is C16H16BrClFN. The van der Waals surface area contributed by atoms with Crippen LogP contribution in [0.3, 0.4) is 0 Å². The molecule has 2 aromatic carbocycles. The standard InChI is InChI=1S/C16H16BrClFN/c1-16(20,9-11-3-2-4-14(19)7-11)10-12-5-6-13(17)8-15(12)18/h2-8H,9-10,20H2,1H3. The van der Waals surface area contributed by atoms with Crippen LogP contribution in [-0.4, -0.2) is 5.54 Å². The van der Waals surface area contributed by atoms with Gasteiger partial charge in [0.1, 0.15) is 5.82 Å². The molecule has 0 amide bonds. The molecule has 1 unspecified atom stereocenters. The Labute approximate surface area is 132 Å². The molecular weight excluding hydrogens is 341 g/mol. The van der Waals surface area contributed by atoms with E-state index in [1.807, 2.05) is 31.2 Å². The Morgan fingerprint density at radius 1 is 1.20 bits per heavy atom. The van der Waals surface area contributed by atoms with Gasteiger partial charge in [0.25, 0.3) is 0 Å². The third-order valence-electron chi connectivity index (χ3n) is 3.11. The molecule has 106 valence electrons. The minimum absolute atomic E-state index is 0.236. The van der Waals surface area contributed by atoms with Crippen molar-refractivity contribution in [2.24, 2.45) is 5.73 Å². The van der Waals surface area contributed by atoms with Crippen molar-refractivity contribution < 1.29 is 4.39 Å². The van der Waals surface area contributed by atoms with E-state index in [-0.39, 0.29) is 5.82 Å². The summed E-state index contributed by atoms with van der Waals surface area (Å²) in [6, 6.07) is 12.3. The second kappa shape index (κ2) is 6.25. The third-order valence-corrected chi connectivity index (χ3v) is 3.95. The third kappa shape index (κ3) is 4.30. The maximum Gasteiger partial charge on any atom is 0.123 e. The van der Waals surface area contributed by atoms with Gasteiger partial charge in [-0.15, -0.1) is 0 Å². The van der Waals surface area contributed by atoms with Crippen molar-refractivity contribution in [1.82, 2.24) is 0 Å². The molecule has 0 heterocycles. The van der Waals surface area contributed by atoms with Crippen molar-refractivity contribution in [2.45, 2.75) is 25.3 Å². The van der Waals surface area contributed by atoms with Crippen LogP contribution in [0.25, 0.3) is 0 Å². The lowest BCUT2D eigenvalue weighted by atomic mass is 9.87. The van der Waals surface area contributed by atoms with Crippen LogP contribution in [0.4, 0.5) is 4.39 Å². The highest BCUT2D eigenvalue weighted by Gasteiger charge is 2.21. The van der Waals surface area contributed by atoms with E-state index in [4.69, 9.17) is 17.3 Å². The molecule has 2 N–H and O–H groups in total. The van der Waals surface area contributed by atoms with Crippen molar-refractivity contribution in [3.05, 3.63) is 68.9 Å². The first-order valence-corrected chi connectivity index (χ1v) is 7.50. The first-order chi connectivity index (χ1) is 9.35. The van der Waals surface area contributed by atoms with E-state index in [1.165, 1.54) is 12.1 Å². The molecule has 2 aromatic rings. The maximum absolute atomic E-state index is 13.2. The quantitative estimate of drug-likeness (QED) is 0.841. The van der Waals surface area contributed by atoms with Gasteiger partial charge >= 0.3 is 0 Å². The molecule has 1 nitrogen and oxygen atoms in total. The van der Waals surface area contributed by atoms with Crippen molar-refractivity contribution in [2.75, 3.05) is 0 Å². The Hall–Kier alpha value is -0.900. The van der Waals surface area contributed by atoms with Crippen LogP contribution in [0.2, 0.25) is 5.02 Å². The summed E-state index contributed by atoms with van der Waals surface area (Å²) in [5.41, 5.74) is 7.75. The predicted octanol–water partition coefficient (Wildman–Crippen LogP) is 4.74. The number of hydrogen-bond donors (Lipinski definition) is 1. The van der Waals surface area contributed by atoms with Gasteiger partial charge in [0.05, 0.1) is 0 Å². The molecule has 0 saturated carbocycles. The van der Waals surface area contributed by atoms with Gasteiger partial charge in [0.2, 0.25) is 0 Å². The van der Waals surface area contributed by atoms with Crippen LogP contribution in [0, 0.1) is 5.82 Å². The van der Waals surface area contributed by atoms with Gasteiger partial charge in [0.15, 0.2) is 0 Å². The summed E-state index contributed by atoms with van der Waals surface area (Å²) in [5.74, 6) is -0.236. The number of hydrogen-bond acceptors (Lipinski definition) is 1. The SMILES string of the molecule is CC(N)(Cc1cccc(F)c1)Cc1ccc(Br)cc1Cl. The largest absolute Gasteiger partial charge is 0.325 e. The molecule has 0 bridgehead atoms. The van der Waals surface area contributed by atoms with Crippen molar-refractivity contribution in [1.29, 1.82) is 0 Å². The first-order valence-electron chi connectivity index (χ1n) is 6.33. The van der Waals surface area contributed by atoms with Crippen molar-refractivity contribution >= 4 is 27.5 Å². The number of halogens is 3. The summed E-state index contributed by atoms with van der Waals surface area (Å²) in [6.07, 6.45) is 1.23. The second-order valence-corrected chi connectivity index (χ2v) is 6.70. The van der Waals surface area contributed by atoms with Gasteiger partial charge in [-0.05, 0) is 55.2 Å². The molecule has 0 aromatic heterocycles. The zero-order valence-electron chi connectivity index (χ0n) is 11.2. The monoisotopic (exact) mass is 355 g/mol. The van der Waals surface area contributed by atoms with Gasteiger partial charge in [-0.1, -0.05) is 45.7 Å². The number of nitrogens with two attached hydrogens (primary N) is 1. The lowest BCUT2D eigenvalue weighted by Crippen LogP contribution is -2.41. The Morgan fingerprint density at radius 2 is 1.95 bits per heavy atom. The topological polar surface area (TPSA) is 26.0 Å². The normalized spacial score (nSPS) is 14.1. The lowest BCUT2D eigenvalue weighted by Gasteiger charge is -2.25. The summed E-state index contributed by atoms with van der Waals surface area (Å²) >= 11 is 9.60. The molecule has 0 radical (unpaired) electrons. The van der Waals surface area contributed by atoms with Gasteiger partial charge < -0.3 is 5.73 Å². The van der Waals surface area contributed by atoms with E-state index in [0.717, 1.165) is 15.6 Å². The van der Waals surface area contributed by atoms with Crippen LogP contribution in [0.1, 0.15) is 18.1 Å². The summed E-state index contributed by atoms with van der Waals surface area (Å²) < 4.78 is 14.2. The zero-order chi connectivity index (χ0) is 14.8. The van der Waals surface area contributed by atoms with Crippen molar-refractivity contribution in [3.63, 3.8) is 0 Å². The van der Waals surface area contributed by atoms with Crippen LogP contribution in [0.5, 0.6) is 0 Å². The highest BCUT2D eigenvalue weighted by Crippen LogP contribution is 2.25. The molecule has 1 atom stereocenters. The van der Waals surface area contributed by atoms with E-state index < -0.39 is 5.54 Å². The Morgan fingerprint density at radius 3 is 2.60 bits per heavy atom. The van der Waals surface area contributed by atoms with Crippen molar-refractivity contribution in [3.8, 4) is 0 Å². The van der Waals surface area contributed by atoms with Gasteiger partial charge in [0, 0.05) is 15.0 Å². The highest BCUT2D eigenvalue weighted by atomic mass is 79.9. The van der Waals surface area contributed by atoms with E-state index in [9.17, 15) is 4.39 Å². The molecule has 4 heteroatoms. The Bertz CT molecular complexity index is 613. The van der Waals surface area contributed by atoms with Gasteiger partial charge in [-0.25, -0.2) is 4.39 Å². The van der Waals surface area contributed by atoms with Gasteiger partial charge in [-0.3, -0.25) is 0 Å². The predicted molar refractivity (Wildman–Crippen MR) is 85.6 cm³/mol. The minimum atomic E-state index is -0.481. The average Bonchev–Trinajstić information content (AvgIpc) is 2.32. The molecule has 0 fully saturated rings. The summed E-state index contributed by atoms with van der Waals surface area (Å²) in [6.45, 7) is 1.95. The summed E-state index contributed by atoms with van der Waals surface area (Å²) in [5, 5.41) is 0.690. The van der Waals surface area contributed by atoms with E-state index in [0.29, 0.717) is 17.9 Å². The van der Waals surface area contributed by atoms with Crippen LogP contribution >= 0.6 is 27.5 Å². The Balaban J connectivity index is 2.14.